The minimum Gasteiger partial charge on any atom is -0.348 e. The van der Waals surface area contributed by atoms with Crippen LogP contribution in [0, 0.1) is 10.2 Å². The van der Waals surface area contributed by atoms with Crippen LogP contribution in [0.5, 0.6) is 0 Å². The van der Waals surface area contributed by atoms with Crippen LogP contribution in [0.3, 0.4) is 0 Å². The van der Waals surface area contributed by atoms with E-state index in [1.165, 1.54) is 0 Å². The van der Waals surface area contributed by atoms with Crippen LogP contribution >= 0.6 is 12.2 Å². The average Bonchev–Trinajstić information content (AvgIpc) is 2.87. The molecule has 0 unspecified atom stereocenters. The average molecular weight is 361 g/mol. The Labute approximate surface area is 154 Å². The molecular formula is C19H28N4OS. The third-order valence-electron chi connectivity index (χ3n) is 3.97. The largest absolute Gasteiger partial charge is 0.348 e. The van der Waals surface area contributed by atoms with Crippen LogP contribution in [0.2, 0.25) is 0 Å². The van der Waals surface area contributed by atoms with Crippen molar-refractivity contribution in [3.8, 4) is 0 Å². The van der Waals surface area contributed by atoms with Crippen molar-refractivity contribution in [2.45, 2.75) is 59.5 Å². The highest BCUT2D eigenvalue weighted by molar-refractivity contribution is 7.71. The molecule has 1 aromatic carbocycles. The lowest BCUT2D eigenvalue weighted by molar-refractivity contribution is -0.122. The number of nitrogens with one attached hydrogen (secondary N) is 2. The maximum absolute atomic E-state index is 12.7. The molecule has 2 N–H and O–H groups in total. The fraction of sp³-hybridized carbons (Fsp3) is 0.526. The van der Waals surface area contributed by atoms with E-state index in [9.17, 15) is 4.79 Å². The van der Waals surface area contributed by atoms with E-state index in [4.69, 9.17) is 12.2 Å². The minimum absolute atomic E-state index is 0.0237. The first kappa shape index (κ1) is 19.4. The smallest absolute Gasteiger partial charge is 0.240 e. The number of H-pyrrole nitrogens is 1. The molecule has 1 aromatic heterocycles. The number of rotatable bonds is 7. The van der Waals surface area contributed by atoms with Gasteiger partial charge in [-0.05, 0) is 36.0 Å². The number of benzene rings is 1. The predicted octanol–water partition coefficient (Wildman–Crippen LogP) is 4.19. The van der Waals surface area contributed by atoms with E-state index in [1.807, 2.05) is 18.2 Å². The molecule has 1 amide bonds. The first-order valence-corrected chi connectivity index (χ1v) is 9.19. The highest BCUT2D eigenvalue weighted by Crippen LogP contribution is 2.29. The van der Waals surface area contributed by atoms with Crippen LogP contribution in [0.4, 0.5) is 0 Å². The number of aromatic amines is 1. The molecule has 0 saturated carbocycles. The molecule has 2 rings (SSSR count). The van der Waals surface area contributed by atoms with Crippen molar-refractivity contribution in [3.05, 3.63) is 46.5 Å². The third kappa shape index (κ3) is 5.81. The number of hydrogen-bond donors (Lipinski definition) is 2. The summed E-state index contributed by atoms with van der Waals surface area (Å²) in [5.74, 6) is 0.780. The van der Waals surface area contributed by atoms with E-state index >= 15 is 0 Å². The number of amides is 1. The first-order valence-electron chi connectivity index (χ1n) is 8.78. The SMILES string of the molecule is CCCc1n[nH]c(=S)n1CC(=O)N[C@@H](CC(C)(C)C)c1ccccc1. The maximum Gasteiger partial charge on any atom is 0.240 e. The summed E-state index contributed by atoms with van der Waals surface area (Å²) in [5.41, 5.74) is 1.22. The van der Waals surface area contributed by atoms with Gasteiger partial charge in [-0.1, -0.05) is 58.0 Å². The Morgan fingerprint density at radius 2 is 2.00 bits per heavy atom. The monoisotopic (exact) mass is 360 g/mol. The molecule has 0 aliphatic rings. The van der Waals surface area contributed by atoms with E-state index in [0.717, 1.165) is 30.7 Å². The molecule has 136 valence electrons. The van der Waals surface area contributed by atoms with Gasteiger partial charge in [-0.25, -0.2) is 0 Å². The topological polar surface area (TPSA) is 62.7 Å². The Morgan fingerprint density at radius 1 is 1.32 bits per heavy atom. The van der Waals surface area contributed by atoms with Crippen LogP contribution in [-0.4, -0.2) is 20.7 Å². The zero-order valence-corrected chi connectivity index (χ0v) is 16.3. The molecule has 0 saturated heterocycles. The first-order chi connectivity index (χ1) is 11.8. The van der Waals surface area contributed by atoms with Crippen LogP contribution < -0.4 is 5.32 Å². The van der Waals surface area contributed by atoms with Gasteiger partial charge in [0.1, 0.15) is 12.4 Å². The van der Waals surface area contributed by atoms with Crippen molar-refractivity contribution in [1.82, 2.24) is 20.1 Å². The van der Waals surface area contributed by atoms with Crippen LogP contribution in [-0.2, 0) is 17.8 Å². The van der Waals surface area contributed by atoms with Crippen LogP contribution in [0.1, 0.15) is 58.0 Å². The molecule has 0 bridgehead atoms. The number of nitrogens with zero attached hydrogens (tertiary/aromatic N) is 2. The van der Waals surface area contributed by atoms with Gasteiger partial charge in [-0.3, -0.25) is 14.5 Å². The standard InChI is InChI=1S/C19H28N4OS/c1-5-9-16-21-22-18(25)23(16)13-17(24)20-15(12-19(2,3)4)14-10-7-6-8-11-14/h6-8,10-11,15H,5,9,12-13H2,1-4H3,(H,20,24)(H,22,25)/t15-/m0/s1. The Kier molecular flexibility index (Phi) is 6.53. The molecule has 2 aromatic rings. The summed E-state index contributed by atoms with van der Waals surface area (Å²) in [6, 6.07) is 10.1. The Morgan fingerprint density at radius 3 is 2.60 bits per heavy atom. The van der Waals surface area contributed by atoms with Crippen LogP contribution in [0.25, 0.3) is 0 Å². The van der Waals surface area contributed by atoms with E-state index in [1.54, 1.807) is 4.57 Å². The van der Waals surface area contributed by atoms with Crippen molar-refractivity contribution in [3.63, 3.8) is 0 Å². The summed E-state index contributed by atoms with van der Waals surface area (Å²) in [6.07, 6.45) is 2.61. The molecule has 25 heavy (non-hydrogen) atoms. The Hall–Kier alpha value is -1.95. The van der Waals surface area contributed by atoms with Crippen LogP contribution in [0.15, 0.2) is 30.3 Å². The third-order valence-corrected chi connectivity index (χ3v) is 4.28. The molecule has 0 fully saturated rings. The van der Waals surface area contributed by atoms with Crippen molar-refractivity contribution in [2.24, 2.45) is 5.41 Å². The number of aromatic nitrogens is 3. The zero-order valence-electron chi connectivity index (χ0n) is 15.5. The van der Waals surface area contributed by atoms with E-state index in [2.05, 4.69) is 55.3 Å². The normalized spacial score (nSPS) is 12.8. The lowest BCUT2D eigenvalue weighted by Gasteiger charge is -2.27. The predicted molar refractivity (Wildman–Crippen MR) is 103 cm³/mol. The summed E-state index contributed by atoms with van der Waals surface area (Å²) in [5, 5.41) is 10.2. The summed E-state index contributed by atoms with van der Waals surface area (Å²) in [4.78, 5) is 12.7. The second-order valence-corrected chi connectivity index (χ2v) is 7.96. The van der Waals surface area contributed by atoms with Gasteiger partial charge < -0.3 is 5.32 Å². The van der Waals surface area contributed by atoms with Crippen molar-refractivity contribution in [2.75, 3.05) is 0 Å². The molecular weight excluding hydrogens is 332 g/mol. The second kappa shape index (κ2) is 8.43. The number of carbonyl (C=O) groups is 1. The molecule has 1 heterocycles. The zero-order chi connectivity index (χ0) is 18.4. The van der Waals surface area contributed by atoms with Gasteiger partial charge >= 0.3 is 0 Å². The van der Waals surface area contributed by atoms with Gasteiger partial charge in [-0.2, -0.15) is 5.10 Å². The van der Waals surface area contributed by atoms with E-state index < -0.39 is 0 Å². The highest BCUT2D eigenvalue weighted by Gasteiger charge is 2.22. The van der Waals surface area contributed by atoms with Crippen molar-refractivity contribution >= 4 is 18.1 Å². The van der Waals surface area contributed by atoms with Gasteiger partial charge in [-0.15, -0.1) is 0 Å². The molecule has 6 heteroatoms. The Bertz CT molecular complexity index is 743. The van der Waals surface area contributed by atoms with Crippen molar-refractivity contribution < 1.29 is 4.79 Å². The molecule has 0 radical (unpaired) electrons. The Balaban J connectivity index is 2.15. The number of carbonyl (C=O) groups excluding carboxylic acids is 1. The molecule has 5 nitrogen and oxygen atoms in total. The lowest BCUT2D eigenvalue weighted by atomic mass is 9.85. The summed E-state index contributed by atoms with van der Waals surface area (Å²) in [7, 11) is 0. The van der Waals surface area contributed by atoms with Crippen molar-refractivity contribution in [1.29, 1.82) is 0 Å². The fourth-order valence-electron chi connectivity index (χ4n) is 2.86. The number of hydrogen-bond acceptors (Lipinski definition) is 3. The molecule has 0 aliphatic carbocycles. The minimum atomic E-state index is -0.0482. The lowest BCUT2D eigenvalue weighted by Crippen LogP contribution is -2.34. The summed E-state index contributed by atoms with van der Waals surface area (Å²) >= 11 is 5.27. The number of aryl methyl sites for hydroxylation is 1. The van der Waals surface area contributed by atoms with Gasteiger partial charge in [0.15, 0.2) is 4.77 Å². The second-order valence-electron chi connectivity index (χ2n) is 7.58. The maximum atomic E-state index is 12.7. The van der Waals surface area contributed by atoms with E-state index in [0.29, 0.717) is 4.77 Å². The quantitative estimate of drug-likeness (QED) is 0.728. The molecule has 0 spiro atoms. The molecule has 0 aliphatic heterocycles. The van der Waals surface area contributed by atoms with Gasteiger partial charge in [0.05, 0.1) is 6.04 Å². The summed E-state index contributed by atoms with van der Waals surface area (Å²) < 4.78 is 2.28. The fourth-order valence-corrected chi connectivity index (χ4v) is 3.08. The van der Waals surface area contributed by atoms with Gasteiger partial charge in [0.2, 0.25) is 5.91 Å². The summed E-state index contributed by atoms with van der Waals surface area (Å²) in [6.45, 7) is 8.82. The van der Waals surface area contributed by atoms with Gasteiger partial charge in [0, 0.05) is 6.42 Å². The van der Waals surface area contributed by atoms with Gasteiger partial charge in [0.25, 0.3) is 0 Å². The molecule has 1 atom stereocenters. The highest BCUT2D eigenvalue weighted by atomic mass is 32.1. The van der Waals surface area contributed by atoms with E-state index in [-0.39, 0.29) is 23.9 Å².